The van der Waals surface area contributed by atoms with Crippen molar-refractivity contribution in [3.8, 4) is 6.07 Å². The fourth-order valence-electron chi connectivity index (χ4n) is 1.52. The van der Waals surface area contributed by atoms with Gasteiger partial charge in [-0.05, 0) is 24.6 Å². The second kappa shape index (κ2) is 8.19. The highest BCUT2D eigenvalue weighted by molar-refractivity contribution is 5.99. The molecule has 0 aliphatic heterocycles. The molecule has 0 saturated carbocycles. The van der Waals surface area contributed by atoms with Crippen LogP contribution in [-0.2, 0) is 16.1 Å². The van der Waals surface area contributed by atoms with E-state index in [0.29, 0.717) is 0 Å². The van der Waals surface area contributed by atoms with Crippen molar-refractivity contribution in [1.82, 2.24) is 10.6 Å². The van der Waals surface area contributed by atoms with Crippen molar-refractivity contribution < 1.29 is 24.6 Å². The number of benzene rings is 1. The van der Waals surface area contributed by atoms with E-state index in [2.05, 4.69) is 10.6 Å². The van der Waals surface area contributed by atoms with Gasteiger partial charge in [-0.15, -0.1) is 0 Å². The second-order valence-electron chi connectivity index (χ2n) is 4.59. The quantitative estimate of drug-likeness (QED) is 0.423. The van der Waals surface area contributed by atoms with Gasteiger partial charge in [0.05, 0.1) is 5.56 Å². The third-order valence-corrected chi connectivity index (χ3v) is 2.84. The van der Waals surface area contributed by atoms with Crippen LogP contribution in [0.1, 0.15) is 22.8 Å². The molecule has 0 fully saturated rings. The third-order valence-electron chi connectivity index (χ3n) is 2.84. The molecule has 0 aromatic heterocycles. The van der Waals surface area contributed by atoms with Crippen molar-refractivity contribution in [1.29, 1.82) is 5.26 Å². The molecule has 1 aromatic rings. The Kier molecular flexibility index (Phi) is 6.30. The van der Waals surface area contributed by atoms with E-state index in [1.165, 1.54) is 25.3 Å². The molecule has 0 aliphatic rings. The zero-order valence-corrected chi connectivity index (χ0v) is 12.2. The fourth-order valence-corrected chi connectivity index (χ4v) is 1.52. The summed E-state index contributed by atoms with van der Waals surface area (Å²) >= 11 is 0. The topological polar surface area (TPSA) is 140 Å². The van der Waals surface area contributed by atoms with Crippen LogP contribution in [0.2, 0.25) is 0 Å². The maximum atomic E-state index is 11.7. The number of nitriles is 1. The molecule has 8 heteroatoms. The largest absolute Gasteiger partial charge is 0.480 e. The summed E-state index contributed by atoms with van der Waals surface area (Å²) in [5, 5.41) is 31.3. The number of carboxylic acid groups (broad SMARTS) is 2. The molecule has 120 valence electrons. The molecular weight excluding hydrogens is 302 g/mol. The number of carbonyl (C=O) groups is 3. The Labute approximate surface area is 132 Å². The fraction of sp³-hybridized carbons (Fsp3) is 0.200. The van der Waals surface area contributed by atoms with Gasteiger partial charge in [0.2, 0.25) is 0 Å². The number of rotatable bonds is 7. The van der Waals surface area contributed by atoms with Crippen LogP contribution in [0.4, 0.5) is 0 Å². The molecule has 1 amide bonds. The van der Waals surface area contributed by atoms with Crippen molar-refractivity contribution in [2.75, 3.05) is 0 Å². The highest BCUT2D eigenvalue weighted by Crippen LogP contribution is 2.04. The molecule has 1 atom stereocenters. The lowest BCUT2D eigenvalue weighted by Gasteiger charge is -2.08. The van der Waals surface area contributed by atoms with Crippen LogP contribution in [0.25, 0.3) is 0 Å². The number of carboxylic acids is 2. The summed E-state index contributed by atoms with van der Waals surface area (Å²) in [5.74, 6) is -3.03. The first kappa shape index (κ1) is 17.7. The van der Waals surface area contributed by atoms with Gasteiger partial charge in [0.25, 0.3) is 5.91 Å². The summed E-state index contributed by atoms with van der Waals surface area (Å²) in [7, 11) is 0. The number of aliphatic carboxylic acids is 1. The lowest BCUT2D eigenvalue weighted by molar-refractivity contribution is -0.140. The molecule has 0 bridgehead atoms. The first-order chi connectivity index (χ1) is 10.8. The zero-order chi connectivity index (χ0) is 17.4. The number of amides is 1. The minimum atomic E-state index is -1.21. The minimum absolute atomic E-state index is 0.157. The lowest BCUT2D eigenvalue weighted by Crippen LogP contribution is -2.39. The van der Waals surface area contributed by atoms with Crippen molar-refractivity contribution in [2.24, 2.45) is 0 Å². The van der Waals surface area contributed by atoms with Gasteiger partial charge in [-0.3, -0.25) is 9.59 Å². The molecule has 1 rings (SSSR count). The molecular formula is C15H15N3O5. The summed E-state index contributed by atoms with van der Waals surface area (Å²) in [5.41, 5.74) is 0.646. The molecule has 0 radical (unpaired) electrons. The van der Waals surface area contributed by atoms with Gasteiger partial charge in [0.15, 0.2) is 0 Å². The van der Waals surface area contributed by atoms with E-state index in [1.54, 1.807) is 18.2 Å². The van der Waals surface area contributed by atoms with E-state index in [1.807, 2.05) is 0 Å². The first-order valence-corrected chi connectivity index (χ1v) is 6.54. The number of nitrogens with zero attached hydrogens (tertiary/aromatic N) is 1. The molecule has 0 saturated heterocycles. The Morgan fingerprint density at radius 1 is 1.26 bits per heavy atom. The standard InChI is InChI=1S/C15H15N3O5/c1-9(14(20)21)18-13(19)12(6-16)8-17-7-10-2-4-11(5-3-10)15(22)23/h2-5,8-9,17H,7H2,1H3,(H,18,19)(H,20,21)(H,22,23)/b12-8-. The van der Waals surface area contributed by atoms with Crippen LogP contribution in [-0.4, -0.2) is 34.1 Å². The van der Waals surface area contributed by atoms with Gasteiger partial charge in [0.1, 0.15) is 17.7 Å². The summed E-state index contributed by atoms with van der Waals surface area (Å²) in [6.45, 7) is 1.56. The zero-order valence-electron chi connectivity index (χ0n) is 12.2. The third kappa shape index (κ3) is 5.51. The number of aromatic carboxylic acids is 1. The normalized spacial score (nSPS) is 11.9. The second-order valence-corrected chi connectivity index (χ2v) is 4.59. The van der Waals surface area contributed by atoms with Gasteiger partial charge in [-0.25, -0.2) is 4.79 Å². The average Bonchev–Trinajstić information content (AvgIpc) is 2.51. The van der Waals surface area contributed by atoms with Gasteiger partial charge >= 0.3 is 11.9 Å². The van der Waals surface area contributed by atoms with Crippen LogP contribution in [0, 0.1) is 11.3 Å². The van der Waals surface area contributed by atoms with E-state index in [0.717, 1.165) is 5.56 Å². The molecule has 4 N–H and O–H groups in total. The smallest absolute Gasteiger partial charge is 0.335 e. The van der Waals surface area contributed by atoms with Crippen molar-refractivity contribution in [3.05, 3.63) is 47.2 Å². The highest BCUT2D eigenvalue weighted by Gasteiger charge is 2.16. The maximum absolute atomic E-state index is 11.7. The van der Waals surface area contributed by atoms with Crippen LogP contribution in [0.5, 0.6) is 0 Å². The summed E-state index contributed by atoms with van der Waals surface area (Å²) in [4.78, 5) is 33.0. The number of nitrogens with one attached hydrogen (secondary N) is 2. The Bertz CT molecular complexity index is 673. The predicted molar refractivity (Wildman–Crippen MR) is 79.2 cm³/mol. The van der Waals surface area contributed by atoms with Crippen LogP contribution < -0.4 is 10.6 Å². The molecule has 1 aromatic carbocycles. The van der Waals surface area contributed by atoms with Gasteiger partial charge in [-0.2, -0.15) is 5.26 Å². The molecule has 0 heterocycles. The molecule has 23 heavy (non-hydrogen) atoms. The molecule has 8 nitrogen and oxygen atoms in total. The predicted octanol–water partition coefficient (Wildman–Crippen LogP) is 0.471. The molecule has 0 spiro atoms. The van der Waals surface area contributed by atoms with Crippen molar-refractivity contribution >= 4 is 17.8 Å². The summed E-state index contributed by atoms with van der Waals surface area (Å²) < 4.78 is 0. The number of carbonyl (C=O) groups excluding carboxylic acids is 1. The Morgan fingerprint density at radius 3 is 2.35 bits per heavy atom. The summed E-state index contributed by atoms with van der Waals surface area (Å²) in [6.07, 6.45) is 1.18. The lowest BCUT2D eigenvalue weighted by atomic mass is 10.1. The van der Waals surface area contributed by atoms with E-state index in [4.69, 9.17) is 15.5 Å². The monoisotopic (exact) mass is 317 g/mol. The van der Waals surface area contributed by atoms with E-state index in [-0.39, 0.29) is 17.7 Å². The number of hydrogen-bond donors (Lipinski definition) is 4. The molecule has 1 unspecified atom stereocenters. The van der Waals surface area contributed by atoms with Crippen molar-refractivity contribution in [2.45, 2.75) is 19.5 Å². The first-order valence-electron chi connectivity index (χ1n) is 6.54. The van der Waals surface area contributed by atoms with Crippen LogP contribution in [0.3, 0.4) is 0 Å². The van der Waals surface area contributed by atoms with Gasteiger partial charge < -0.3 is 20.8 Å². The van der Waals surface area contributed by atoms with Gasteiger partial charge in [0, 0.05) is 12.7 Å². The number of hydrogen-bond acceptors (Lipinski definition) is 5. The summed E-state index contributed by atoms with van der Waals surface area (Å²) in [6, 6.07) is 6.64. The van der Waals surface area contributed by atoms with E-state index >= 15 is 0 Å². The molecule has 0 aliphatic carbocycles. The van der Waals surface area contributed by atoms with Gasteiger partial charge in [-0.1, -0.05) is 12.1 Å². The highest BCUT2D eigenvalue weighted by atomic mass is 16.4. The average molecular weight is 317 g/mol. The Balaban J connectivity index is 2.63. The van der Waals surface area contributed by atoms with Crippen molar-refractivity contribution in [3.63, 3.8) is 0 Å². The Morgan fingerprint density at radius 2 is 1.87 bits per heavy atom. The SMILES string of the molecule is CC(NC(=O)/C(C#N)=C\NCc1ccc(C(=O)O)cc1)C(=O)O. The maximum Gasteiger partial charge on any atom is 0.335 e. The van der Waals surface area contributed by atoms with Crippen LogP contribution in [0.15, 0.2) is 36.0 Å². The van der Waals surface area contributed by atoms with E-state index < -0.39 is 23.9 Å². The van der Waals surface area contributed by atoms with Crippen LogP contribution >= 0.6 is 0 Å². The van der Waals surface area contributed by atoms with E-state index in [9.17, 15) is 14.4 Å². The Hall–Kier alpha value is -3.34. The minimum Gasteiger partial charge on any atom is -0.480 e.